The van der Waals surface area contributed by atoms with Crippen molar-refractivity contribution in [2.24, 2.45) is 5.73 Å². The number of hydrogen-bond acceptors (Lipinski definition) is 5. The second-order valence-corrected chi connectivity index (χ2v) is 4.74. The predicted octanol–water partition coefficient (Wildman–Crippen LogP) is 1.49. The first kappa shape index (κ1) is 11.5. The highest BCUT2D eigenvalue weighted by atomic mass is 32.1. The number of aryl methyl sites for hydroxylation is 1. The first-order chi connectivity index (χ1) is 7.91. The lowest BCUT2D eigenvalue weighted by Crippen LogP contribution is -2.10. The zero-order valence-electron chi connectivity index (χ0n) is 9.40. The van der Waals surface area contributed by atoms with Crippen LogP contribution in [0.1, 0.15) is 32.6 Å². The number of thiophene rings is 1. The summed E-state index contributed by atoms with van der Waals surface area (Å²) in [5, 5.41) is 0.611. The van der Waals surface area contributed by atoms with Crippen LogP contribution < -0.4 is 11.5 Å². The highest BCUT2D eigenvalue weighted by Crippen LogP contribution is 2.33. The van der Waals surface area contributed by atoms with Gasteiger partial charge in [0.25, 0.3) is 5.91 Å². The molecule has 0 aliphatic carbocycles. The monoisotopic (exact) mass is 249 g/mol. The molecule has 2 aromatic rings. The number of fused-ring (bicyclic) bond motifs is 1. The molecule has 17 heavy (non-hydrogen) atoms. The van der Waals surface area contributed by atoms with Gasteiger partial charge in [0.2, 0.25) is 0 Å². The van der Waals surface area contributed by atoms with Gasteiger partial charge < -0.3 is 11.5 Å². The fraction of sp³-hybridized carbons (Fsp3) is 0.182. The van der Waals surface area contributed by atoms with E-state index >= 15 is 0 Å². The van der Waals surface area contributed by atoms with Crippen molar-refractivity contribution in [1.82, 2.24) is 4.98 Å². The molecule has 88 valence electrons. The van der Waals surface area contributed by atoms with Crippen LogP contribution in [0.25, 0.3) is 10.2 Å². The Morgan fingerprint density at radius 2 is 2.06 bits per heavy atom. The Labute approximate surface area is 101 Å². The Balaban J connectivity index is 2.81. The smallest absolute Gasteiger partial charge is 0.260 e. The average Bonchev–Trinajstić information content (AvgIpc) is 2.54. The van der Waals surface area contributed by atoms with Crippen LogP contribution in [0.15, 0.2) is 6.07 Å². The highest BCUT2D eigenvalue weighted by molar-refractivity contribution is 7.21. The SMILES string of the molecule is CC(=O)c1cc2c(N)c(C(N)=O)sc2nc1C. The number of anilines is 1. The van der Waals surface area contributed by atoms with Gasteiger partial charge >= 0.3 is 0 Å². The minimum Gasteiger partial charge on any atom is -0.397 e. The maximum absolute atomic E-state index is 11.4. The van der Waals surface area contributed by atoms with Crippen LogP contribution in [0, 0.1) is 6.92 Å². The highest BCUT2D eigenvalue weighted by Gasteiger charge is 2.17. The molecule has 0 unspecified atom stereocenters. The summed E-state index contributed by atoms with van der Waals surface area (Å²) in [6.45, 7) is 3.21. The molecule has 0 radical (unpaired) electrons. The predicted molar refractivity (Wildman–Crippen MR) is 67.3 cm³/mol. The van der Waals surface area contributed by atoms with Gasteiger partial charge in [-0.25, -0.2) is 4.98 Å². The molecule has 5 nitrogen and oxygen atoms in total. The summed E-state index contributed by atoms with van der Waals surface area (Å²) in [4.78, 5) is 27.7. The summed E-state index contributed by atoms with van der Waals surface area (Å²) in [7, 11) is 0. The van der Waals surface area contributed by atoms with Gasteiger partial charge in [-0.15, -0.1) is 11.3 Å². The lowest BCUT2D eigenvalue weighted by atomic mass is 10.1. The number of primary amides is 1. The Bertz CT molecular complexity index is 646. The minimum atomic E-state index is -0.576. The van der Waals surface area contributed by atoms with E-state index < -0.39 is 5.91 Å². The van der Waals surface area contributed by atoms with Crippen molar-refractivity contribution < 1.29 is 9.59 Å². The Morgan fingerprint density at radius 3 is 2.59 bits per heavy atom. The van der Waals surface area contributed by atoms with E-state index in [-0.39, 0.29) is 10.7 Å². The molecule has 0 spiro atoms. The number of Topliss-reactive ketones (excluding diaryl/α,β-unsaturated/α-hetero) is 1. The number of aromatic nitrogens is 1. The normalized spacial score (nSPS) is 10.7. The fourth-order valence-electron chi connectivity index (χ4n) is 1.67. The molecule has 2 aromatic heterocycles. The maximum atomic E-state index is 11.4. The summed E-state index contributed by atoms with van der Waals surface area (Å²) < 4.78 is 0. The second-order valence-electron chi connectivity index (χ2n) is 3.74. The fourth-order valence-corrected chi connectivity index (χ4v) is 2.64. The van der Waals surface area contributed by atoms with Crippen LogP contribution in [0.2, 0.25) is 0 Å². The van der Waals surface area contributed by atoms with Gasteiger partial charge in [-0.3, -0.25) is 9.59 Å². The molecule has 1 amide bonds. The molecule has 0 atom stereocenters. The molecule has 0 bridgehead atoms. The molecule has 0 aromatic carbocycles. The topological polar surface area (TPSA) is 99.1 Å². The van der Waals surface area contributed by atoms with Crippen molar-refractivity contribution in [2.45, 2.75) is 13.8 Å². The van der Waals surface area contributed by atoms with E-state index in [2.05, 4.69) is 4.98 Å². The third kappa shape index (κ3) is 1.76. The number of pyridine rings is 1. The number of amides is 1. The van der Waals surface area contributed by atoms with Crippen LogP contribution >= 0.6 is 11.3 Å². The van der Waals surface area contributed by atoms with Crippen LogP contribution in [0.5, 0.6) is 0 Å². The largest absolute Gasteiger partial charge is 0.397 e. The van der Waals surface area contributed by atoms with Gasteiger partial charge in [-0.2, -0.15) is 0 Å². The van der Waals surface area contributed by atoms with Crippen molar-refractivity contribution in [1.29, 1.82) is 0 Å². The molecular formula is C11H11N3O2S. The van der Waals surface area contributed by atoms with Crippen molar-refractivity contribution in [3.05, 3.63) is 22.2 Å². The van der Waals surface area contributed by atoms with Gasteiger partial charge in [0.15, 0.2) is 5.78 Å². The van der Waals surface area contributed by atoms with E-state index in [1.165, 1.54) is 6.92 Å². The molecule has 0 fully saturated rings. The van der Waals surface area contributed by atoms with Crippen molar-refractivity contribution in [3.63, 3.8) is 0 Å². The van der Waals surface area contributed by atoms with E-state index in [9.17, 15) is 9.59 Å². The van der Waals surface area contributed by atoms with E-state index in [0.29, 0.717) is 27.2 Å². The van der Waals surface area contributed by atoms with Crippen molar-refractivity contribution in [2.75, 3.05) is 5.73 Å². The number of hydrogen-bond donors (Lipinski definition) is 2. The Hall–Kier alpha value is -1.95. The Morgan fingerprint density at radius 1 is 1.41 bits per heavy atom. The number of carbonyl (C=O) groups is 2. The molecule has 0 aliphatic rings. The average molecular weight is 249 g/mol. The first-order valence-electron chi connectivity index (χ1n) is 4.92. The standard InChI is InChI=1S/C11H11N3O2S/c1-4-6(5(2)15)3-7-8(12)9(10(13)16)17-11(7)14-4/h3H,12H2,1-2H3,(H2,13,16). The minimum absolute atomic E-state index is 0.0804. The zero-order valence-corrected chi connectivity index (χ0v) is 10.2. The quantitative estimate of drug-likeness (QED) is 0.787. The van der Waals surface area contributed by atoms with Gasteiger partial charge in [0, 0.05) is 16.6 Å². The lowest BCUT2D eigenvalue weighted by Gasteiger charge is -2.01. The van der Waals surface area contributed by atoms with Crippen LogP contribution in [-0.2, 0) is 0 Å². The zero-order chi connectivity index (χ0) is 12.7. The van der Waals surface area contributed by atoms with Gasteiger partial charge in [-0.05, 0) is 19.9 Å². The maximum Gasteiger partial charge on any atom is 0.260 e. The number of carbonyl (C=O) groups excluding carboxylic acids is 2. The number of nitrogens with zero attached hydrogens (tertiary/aromatic N) is 1. The van der Waals surface area contributed by atoms with E-state index in [0.717, 1.165) is 11.3 Å². The van der Waals surface area contributed by atoms with Gasteiger partial charge in [0.1, 0.15) is 9.71 Å². The lowest BCUT2D eigenvalue weighted by molar-refractivity contribution is 0.0999. The molecule has 2 rings (SSSR count). The summed E-state index contributed by atoms with van der Waals surface area (Å²) in [5.41, 5.74) is 12.5. The summed E-state index contributed by atoms with van der Waals surface area (Å²) >= 11 is 1.14. The number of nitrogens with two attached hydrogens (primary N) is 2. The number of ketones is 1. The molecule has 0 saturated heterocycles. The van der Waals surface area contributed by atoms with Gasteiger partial charge in [-0.1, -0.05) is 0 Å². The van der Waals surface area contributed by atoms with Gasteiger partial charge in [0.05, 0.1) is 5.69 Å². The summed E-state index contributed by atoms with van der Waals surface area (Å²) in [6, 6.07) is 1.66. The van der Waals surface area contributed by atoms with Crippen molar-refractivity contribution >= 4 is 38.9 Å². The third-order valence-corrected chi connectivity index (χ3v) is 3.64. The molecule has 0 aliphatic heterocycles. The molecule has 0 saturated carbocycles. The van der Waals surface area contributed by atoms with E-state index in [1.807, 2.05) is 0 Å². The first-order valence-corrected chi connectivity index (χ1v) is 5.73. The van der Waals surface area contributed by atoms with Crippen LogP contribution in [-0.4, -0.2) is 16.7 Å². The number of rotatable bonds is 2. The Kier molecular flexibility index (Phi) is 2.59. The number of nitrogen functional groups attached to an aromatic ring is 1. The van der Waals surface area contributed by atoms with E-state index in [4.69, 9.17) is 11.5 Å². The van der Waals surface area contributed by atoms with Crippen molar-refractivity contribution in [3.8, 4) is 0 Å². The third-order valence-electron chi connectivity index (χ3n) is 2.51. The van der Waals surface area contributed by atoms with E-state index in [1.54, 1.807) is 13.0 Å². The molecule has 4 N–H and O–H groups in total. The second kappa shape index (κ2) is 3.81. The molecule has 6 heteroatoms. The van der Waals surface area contributed by atoms with Crippen LogP contribution in [0.3, 0.4) is 0 Å². The van der Waals surface area contributed by atoms with Crippen LogP contribution in [0.4, 0.5) is 5.69 Å². The summed E-state index contributed by atoms with van der Waals surface area (Å²) in [6.07, 6.45) is 0. The molecular weight excluding hydrogens is 238 g/mol. The molecule has 2 heterocycles. The summed E-state index contributed by atoms with van der Waals surface area (Å²) in [5.74, 6) is -0.657.